The van der Waals surface area contributed by atoms with Gasteiger partial charge in [-0.15, -0.1) is 0 Å². The maximum absolute atomic E-state index is 13.7. The lowest BCUT2D eigenvalue weighted by atomic mass is 10.1. The third kappa shape index (κ3) is 4.28. The van der Waals surface area contributed by atoms with Gasteiger partial charge in [0.05, 0.1) is 17.6 Å². The van der Waals surface area contributed by atoms with Gasteiger partial charge in [0.15, 0.2) is 0 Å². The van der Waals surface area contributed by atoms with E-state index in [2.05, 4.69) is 30.5 Å². The number of fused-ring (bicyclic) bond motifs is 1. The smallest absolute Gasteiger partial charge is 0.227 e. The van der Waals surface area contributed by atoms with E-state index < -0.39 is 0 Å². The van der Waals surface area contributed by atoms with E-state index in [0.717, 1.165) is 41.1 Å². The van der Waals surface area contributed by atoms with E-state index in [1.165, 1.54) is 17.7 Å². The third-order valence-corrected chi connectivity index (χ3v) is 6.63. The topological polar surface area (TPSA) is 47.4 Å². The Morgan fingerprint density at radius 1 is 1.06 bits per heavy atom. The van der Waals surface area contributed by atoms with E-state index in [1.807, 2.05) is 30.3 Å². The van der Waals surface area contributed by atoms with Gasteiger partial charge in [-0.3, -0.25) is 4.79 Å². The van der Waals surface area contributed by atoms with Crippen molar-refractivity contribution < 1.29 is 13.9 Å². The predicted octanol–water partition coefficient (Wildman–Crippen LogP) is 5.78. The van der Waals surface area contributed by atoms with Gasteiger partial charge in [-0.1, -0.05) is 30.3 Å². The molecule has 0 saturated carbocycles. The Labute approximate surface area is 198 Å². The van der Waals surface area contributed by atoms with E-state index in [0.29, 0.717) is 25.3 Å². The van der Waals surface area contributed by atoms with Crippen LogP contribution in [0.4, 0.5) is 10.1 Å². The lowest BCUT2D eigenvalue weighted by molar-refractivity contribution is -0.117. The second kappa shape index (κ2) is 9.29. The second-order valence-electron chi connectivity index (χ2n) is 8.90. The fourth-order valence-electron chi connectivity index (χ4n) is 4.70. The summed E-state index contributed by atoms with van der Waals surface area (Å²) >= 11 is 0. The quantitative estimate of drug-likeness (QED) is 0.331. The molecule has 0 radical (unpaired) electrons. The first kappa shape index (κ1) is 22.1. The number of aryl methyl sites for hydroxylation is 2. The Morgan fingerprint density at radius 2 is 1.88 bits per heavy atom. The Kier molecular flexibility index (Phi) is 6.05. The van der Waals surface area contributed by atoms with Crippen LogP contribution in [-0.4, -0.2) is 28.6 Å². The molecule has 174 valence electrons. The molecule has 5 nitrogen and oxygen atoms in total. The molecule has 0 N–H and O–H groups in total. The predicted molar refractivity (Wildman–Crippen MR) is 132 cm³/mol. The molecule has 1 aromatic heterocycles. The fourth-order valence-corrected chi connectivity index (χ4v) is 4.70. The summed E-state index contributed by atoms with van der Waals surface area (Å²) in [4.78, 5) is 19.4. The molecule has 1 aliphatic heterocycles. The minimum absolute atomic E-state index is 0.00698. The minimum atomic E-state index is -0.343. The van der Waals surface area contributed by atoms with Gasteiger partial charge in [-0.2, -0.15) is 0 Å². The van der Waals surface area contributed by atoms with Crippen LogP contribution < -0.4 is 9.64 Å². The zero-order chi connectivity index (χ0) is 23.7. The SMILES string of the molecule is Cc1cccc(OCCCn2c(C3CC(=O)N(c4cccc(F)c4)C3)nc3ccccc32)c1C. The highest BCUT2D eigenvalue weighted by molar-refractivity contribution is 5.96. The number of ether oxygens (including phenoxy) is 1. The number of hydrogen-bond donors (Lipinski definition) is 0. The van der Waals surface area contributed by atoms with Crippen molar-refractivity contribution in [2.75, 3.05) is 18.1 Å². The van der Waals surface area contributed by atoms with E-state index in [1.54, 1.807) is 17.0 Å². The summed E-state index contributed by atoms with van der Waals surface area (Å²) in [6.07, 6.45) is 1.17. The molecule has 2 heterocycles. The number of amides is 1. The maximum atomic E-state index is 13.7. The van der Waals surface area contributed by atoms with E-state index in [4.69, 9.17) is 9.72 Å². The van der Waals surface area contributed by atoms with Crippen molar-refractivity contribution in [1.82, 2.24) is 9.55 Å². The van der Waals surface area contributed by atoms with Crippen LogP contribution in [-0.2, 0) is 11.3 Å². The van der Waals surface area contributed by atoms with Crippen LogP contribution in [0.1, 0.15) is 35.7 Å². The number of aromatic nitrogens is 2. The molecule has 6 heteroatoms. The molecule has 1 amide bonds. The highest BCUT2D eigenvalue weighted by atomic mass is 19.1. The summed E-state index contributed by atoms with van der Waals surface area (Å²) in [6, 6.07) is 20.4. The van der Waals surface area contributed by atoms with Crippen LogP contribution in [0, 0.1) is 19.7 Å². The molecule has 5 rings (SSSR count). The molecule has 1 atom stereocenters. The van der Waals surface area contributed by atoms with Gasteiger partial charge in [0, 0.05) is 31.1 Å². The highest BCUT2D eigenvalue weighted by Gasteiger charge is 2.34. The molecule has 1 unspecified atom stereocenters. The van der Waals surface area contributed by atoms with Crippen molar-refractivity contribution in [2.45, 2.75) is 39.2 Å². The van der Waals surface area contributed by atoms with Crippen molar-refractivity contribution in [3.05, 3.63) is 89.5 Å². The highest BCUT2D eigenvalue weighted by Crippen LogP contribution is 2.33. The molecule has 1 aliphatic rings. The average Bonchev–Trinajstić information content (AvgIpc) is 3.40. The number of rotatable bonds is 7. The van der Waals surface area contributed by atoms with Gasteiger partial charge in [0.2, 0.25) is 5.91 Å². The number of anilines is 1. The summed E-state index contributed by atoms with van der Waals surface area (Å²) in [6.45, 7) is 5.99. The summed E-state index contributed by atoms with van der Waals surface area (Å²) < 4.78 is 22.0. The molecule has 1 fully saturated rings. The van der Waals surface area contributed by atoms with Crippen molar-refractivity contribution in [2.24, 2.45) is 0 Å². The third-order valence-electron chi connectivity index (χ3n) is 6.63. The minimum Gasteiger partial charge on any atom is -0.493 e. The summed E-state index contributed by atoms with van der Waals surface area (Å²) in [7, 11) is 0. The van der Waals surface area contributed by atoms with Crippen LogP contribution in [0.2, 0.25) is 0 Å². The van der Waals surface area contributed by atoms with Gasteiger partial charge in [-0.05, 0) is 67.8 Å². The number of nitrogens with zero attached hydrogens (tertiary/aromatic N) is 3. The number of hydrogen-bond acceptors (Lipinski definition) is 3. The van der Waals surface area contributed by atoms with Crippen LogP contribution in [0.5, 0.6) is 5.75 Å². The van der Waals surface area contributed by atoms with Gasteiger partial charge in [-0.25, -0.2) is 9.37 Å². The van der Waals surface area contributed by atoms with Crippen LogP contribution in [0.3, 0.4) is 0 Å². The maximum Gasteiger partial charge on any atom is 0.227 e. The molecule has 0 spiro atoms. The molecule has 0 aliphatic carbocycles. The number of para-hydroxylation sites is 2. The zero-order valence-corrected chi connectivity index (χ0v) is 19.5. The Morgan fingerprint density at radius 3 is 2.74 bits per heavy atom. The molecule has 4 aromatic rings. The van der Waals surface area contributed by atoms with E-state index >= 15 is 0 Å². The second-order valence-corrected chi connectivity index (χ2v) is 8.90. The van der Waals surface area contributed by atoms with E-state index in [9.17, 15) is 9.18 Å². The summed E-state index contributed by atoms with van der Waals surface area (Å²) in [5, 5.41) is 0. The number of benzene rings is 3. The Hall–Kier alpha value is -3.67. The number of carbonyl (C=O) groups excluding carboxylic acids is 1. The van der Waals surface area contributed by atoms with E-state index in [-0.39, 0.29) is 17.6 Å². The van der Waals surface area contributed by atoms with Gasteiger partial charge in [0.1, 0.15) is 17.4 Å². The molecular formula is C28H28FN3O2. The average molecular weight is 458 g/mol. The van der Waals surface area contributed by atoms with Gasteiger partial charge >= 0.3 is 0 Å². The Balaban J connectivity index is 1.35. The molecule has 34 heavy (non-hydrogen) atoms. The van der Waals surface area contributed by atoms with Crippen molar-refractivity contribution in [1.29, 1.82) is 0 Å². The lowest BCUT2D eigenvalue weighted by Gasteiger charge is -2.18. The van der Waals surface area contributed by atoms with Crippen molar-refractivity contribution in [3.8, 4) is 5.75 Å². The first-order valence-corrected chi connectivity index (χ1v) is 11.7. The first-order chi connectivity index (χ1) is 16.5. The number of imidazole rings is 1. The summed E-state index contributed by atoms with van der Waals surface area (Å²) in [5.74, 6) is 1.42. The molecule has 0 bridgehead atoms. The Bertz CT molecular complexity index is 1350. The largest absolute Gasteiger partial charge is 0.493 e. The van der Waals surface area contributed by atoms with Crippen molar-refractivity contribution in [3.63, 3.8) is 0 Å². The van der Waals surface area contributed by atoms with Crippen LogP contribution >= 0.6 is 0 Å². The standard InChI is InChI=1S/C28H28FN3O2/c1-19-8-5-13-26(20(19)2)34-15-7-14-31-25-12-4-3-11-24(25)30-28(31)21-16-27(33)32(18-21)23-10-6-9-22(29)17-23/h3-6,8-13,17,21H,7,14-16,18H2,1-2H3. The zero-order valence-electron chi connectivity index (χ0n) is 19.5. The first-order valence-electron chi connectivity index (χ1n) is 11.7. The fraction of sp³-hybridized carbons (Fsp3) is 0.286. The molecule has 3 aromatic carbocycles. The van der Waals surface area contributed by atoms with Gasteiger partial charge < -0.3 is 14.2 Å². The van der Waals surface area contributed by atoms with Crippen LogP contribution in [0.25, 0.3) is 11.0 Å². The number of halogens is 1. The van der Waals surface area contributed by atoms with Gasteiger partial charge in [0.25, 0.3) is 0 Å². The number of carbonyl (C=O) groups is 1. The summed E-state index contributed by atoms with van der Waals surface area (Å²) in [5.41, 5.74) is 4.95. The van der Waals surface area contributed by atoms with Crippen LogP contribution in [0.15, 0.2) is 66.7 Å². The van der Waals surface area contributed by atoms with Crippen molar-refractivity contribution >= 4 is 22.6 Å². The lowest BCUT2D eigenvalue weighted by Crippen LogP contribution is -2.24. The monoisotopic (exact) mass is 457 g/mol. The normalized spacial score (nSPS) is 15.9. The molecule has 1 saturated heterocycles. The molecular weight excluding hydrogens is 429 g/mol.